The summed E-state index contributed by atoms with van der Waals surface area (Å²) in [6.45, 7) is 3.82. The zero-order valence-electron chi connectivity index (χ0n) is 10.6. The van der Waals surface area contributed by atoms with Gasteiger partial charge in [0.1, 0.15) is 6.10 Å². The Bertz CT molecular complexity index is 347. The largest absolute Gasteiger partial charge is 0.449 e. The molecular weight excluding hydrogens is 226 g/mol. The monoisotopic (exact) mass is 246 g/mol. The fraction of sp³-hybridized carbons (Fsp3) is 0.533. The first-order valence-electron chi connectivity index (χ1n) is 6.68. The van der Waals surface area contributed by atoms with Crippen LogP contribution in [0.25, 0.3) is 0 Å². The van der Waals surface area contributed by atoms with Gasteiger partial charge in [-0.05, 0) is 50.3 Å². The molecule has 1 aliphatic heterocycles. The van der Waals surface area contributed by atoms with E-state index in [2.05, 4.69) is 5.32 Å². The van der Waals surface area contributed by atoms with E-state index in [-0.39, 0.29) is 6.10 Å². The van der Waals surface area contributed by atoms with Crippen LogP contribution in [0.3, 0.4) is 0 Å². The Hall–Kier alpha value is -1.35. The number of hydrogen-bond donors (Lipinski definition) is 1. The van der Waals surface area contributed by atoms with Gasteiger partial charge in [-0.3, -0.25) is 0 Å². The number of ether oxygens (including phenoxy) is 1. The van der Waals surface area contributed by atoms with Gasteiger partial charge in [-0.2, -0.15) is 0 Å². The standard InChI is InChI=1S/C15H20NO2/c17-12-18-15(14-4-2-1-3-5-14)7-6-13-8-10-16-11-9-13/h1-5,13,15-16H,6-11H2. The van der Waals surface area contributed by atoms with Crippen molar-refractivity contribution in [2.75, 3.05) is 13.1 Å². The molecule has 1 heterocycles. The first-order valence-corrected chi connectivity index (χ1v) is 6.68. The number of hydrogen-bond acceptors (Lipinski definition) is 3. The predicted octanol–water partition coefficient (Wildman–Crippen LogP) is 2.59. The Morgan fingerprint density at radius 1 is 1.28 bits per heavy atom. The maximum absolute atomic E-state index is 10.5. The van der Waals surface area contributed by atoms with Gasteiger partial charge in [-0.1, -0.05) is 30.3 Å². The minimum Gasteiger partial charge on any atom is -0.449 e. The predicted molar refractivity (Wildman–Crippen MR) is 70.8 cm³/mol. The minimum atomic E-state index is -0.140. The van der Waals surface area contributed by atoms with Crippen molar-refractivity contribution in [1.29, 1.82) is 0 Å². The molecule has 0 bridgehead atoms. The summed E-state index contributed by atoms with van der Waals surface area (Å²) in [6, 6.07) is 9.93. The lowest BCUT2D eigenvalue weighted by atomic mass is 9.90. The molecule has 0 aromatic heterocycles. The van der Waals surface area contributed by atoms with Crippen LogP contribution in [-0.2, 0) is 9.53 Å². The number of benzene rings is 1. The average molecular weight is 246 g/mol. The molecule has 1 radical (unpaired) electrons. The van der Waals surface area contributed by atoms with Crippen molar-refractivity contribution in [3.8, 4) is 0 Å². The van der Waals surface area contributed by atoms with Crippen molar-refractivity contribution in [2.24, 2.45) is 5.92 Å². The van der Waals surface area contributed by atoms with E-state index in [1.807, 2.05) is 30.3 Å². The van der Waals surface area contributed by atoms with Crippen LogP contribution in [0.2, 0.25) is 0 Å². The summed E-state index contributed by atoms with van der Waals surface area (Å²) in [5, 5.41) is 3.37. The van der Waals surface area contributed by atoms with E-state index >= 15 is 0 Å². The van der Waals surface area contributed by atoms with E-state index in [0.29, 0.717) is 0 Å². The molecule has 3 nitrogen and oxygen atoms in total. The lowest BCUT2D eigenvalue weighted by molar-refractivity contribution is 0.155. The first kappa shape index (κ1) is 13.1. The molecule has 0 saturated carbocycles. The zero-order valence-corrected chi connectivity index (χ0v) is 10.6. The summed E-state index contributed by atoms with van der Waals surface area (Å²) >= 11 is 0. The third kappa shape index (κ3) is 3.84. The Morgan fingerprint density at radius 2 is 2.00 bits per heavy atom. The zero-order chi connectivity index (χ0) is 12.6. The maximum Gasteiger partial charge on any atom is 0.418 e. The van der Waals surface area contributed by atoms with Crippen molar-refractivity contribution >= 4 is 6.47 Å². The molecule has 1 aromatic rings. The molecule has 0 spiro atoms. The minimum absolute atomic E-state index is 0.140. The van der Waals surface area contributed by atoms with Crippen LogP contribution < -0.4 is 5.32 Å². The fourth-order valence-electron chi connectivity index (χ4n) is 2.58. The highest BCUT2D eigenvalue weighted by atomic mass is 16.5. The number of rotatable bonds is 6. The average Bonchev–Trinajstić information content (AvgIpc) is 2.45. The summed E-state index contributed by atoms with van der Waals surface area (Å²) in [5.74, 6) is 0.757. The second-order valence-electron chi connectivity index (χ2n) is 4.87. The van der Waals surface area contributed by atoms with Crippen molar-refractivity contribution < 1.29 is 9.53 Å². The van der Waals surface area contributed by atoms with Crippen LogP contribution in [0.15, 0.2) is 30.3 Å². The van der Waals surface area contributed by atoms with E-state index in [1.165, 1.54) is 12.8 Å². The molecule has 3 heteroatoms. The van der Waals surface area contributed by atoms with E-state index in [4.69, 9.17) is 4.74 Å². The number of carbonyl (C=O) groups excluding carboxylic acids is 1. The van der Waals surface area contributed by atoms with Crippen LogP contribution in [0, 0.1) is 5.92 Å². The topological polar surface area (TPSA) is 38.3 Å². The van der Waals surface area contributed by atoms with Crippen LogP contribution in [0.1, 0.15) is 37.4 Å². The van der Waals surface area contributed by atoms with Gasteiger partial charge in [0.25, 0.3) is 0 Å². The van der Waals surface area contributed by atoms with Crippen molar-refractivity contribution in [3.63, 3.8) is 0 Å². The third-order valence-electron chi connectivity index (χ3n) is 3.66. The van der Waals surface area contributed by atoms with Crippen LogP contribution >= 0.6 is 0 Å². The molecular formula is C15H20NO2. The van der Waals surface area contributed by atoms with Gasteiger partial charge in [0.2, 0.25) is 0 Å². The van der Waals surface area contributed by atoms with Gasteiger partial charge >= 0.3 is 6.47 Å². The Kier molecular flexibility index (Phi) is 5.21. The highest BCUT2D eigenvalue weighted by molar-refractivity contribution is 5.39. The van der Waals surface area contributed by atoms with Crippen LogP contribution in [0.5, 0.6) is 0 Å². The molecule has 18 heavy (non-hydrogen) atoms. The SMILES string of the molecule is O=[C]OC(CCC1CCNCC1)c1ccccc1. The summed E-state index contributed by atoms with van der Waals surface area (Å²) < 4.78 is 5.10. The van der Waals surface area contributed by atoms with Gasteiger partial charge in [0.05, 0.1) is 0 Å². The molecule has 1 aliphatic rings. The molecule has 1 atom stereocenters. The smallest absolute Gasteiger partial charge is 0.418 e. The summed E-state index contributed by atoms with van der Waals surface area (Å²) in [7, 11) is 0. The molecule has 1 aromatic carbocycles. The van der Waals surface area contributed by atoms with E-state index in [1.54, 1.807) is 6.47 Å². The van der Waals surface area contributed by atoms with Gasteiger partial charge < -0.3 is 10.1 Å². The highest BCUT2D eigenvalue weighted by Crippen LogP contribution is 2.27. The molecule has 1 saturated heterocycles. The number of nitrogens with one attached hydrogen (secondary N) is 1. The Morgan fingerprint density at radius 3 is 2.67 bits per heavy atom. The van der Waals surface area contributed by atoms with Crippen molar-refractivity contribution in [3.05, 3.63) is 35.9 Å². The molecule has 0 amide bonds. The quantitative estimate of drug-likeness (QED) is 0.838. The van der Waals surface area contributed by atoms with Crippen LogP contribution in [0.4, 0.5) is 0 Å². The maximum atomic E-state index is 10.5. The Labute approximate surface area is 109 Å². The molecule has 2 rings (SSSR count). The lowest BCUT2D eigenvalue weighted by Gasteiger charge is -2.24. The summed E-state index contributed by atoms with van der Waals surface area (Å²) in [5.41, 5.74) is 1.06. The molecule has 1 fully saturated rings. The molecule has 97 valence electrons. The highest BCUT2D eigenvalue weighted by Gasteiger charge is 2.18. The Balaban J connectivity index is 1.88. The third-order valence-corrected chi connectivity index (χ3v) is 3.66. The van der Waals surface area contributed by atoms with Crippen molar-refractivity contribution in [1.82, 2.24) is 5.32 Å². The van der Waals surface area contributed by atoms with Gasteiger partial charge in [0, 0.05) is 0 Å². The molecule has 1 unspecified atom stereocenters. The van der Waals surface area contributed by atoms with Gasteiger partial charge in [-0.15, -0.1) is 0 Å². The normalized spacial score (nSPS) is 18.2. The van der Waals surface area contributed by atoms with Crippen LogP contribution in [-0.4, -0.2) is 19.6 Å². The van der Waals surface area contributed by atoms with Gasteiger partial charge in [-0.25, -0.2) is 4.79 Å². The molecule has 0 aliphatic carbocycles. The number of piperidine rings is 1. The second kappa shape index (κ2) is 7.17. The second-order valence-corrected chi connectivity index (χ2v) is 4.87. The summed E-state index contributed by atoms with van der Waals surface area (Å²) in [6.07, 6.45) is 4.32. The lowest BCUT2D eigenvalue weighted by Crippen LogP contribution is -2.27. The van der Waals surface area contributed by atoms with E-state index in [0.717, 1.165) is 37.4 Å². The van der Waals surface area contributed by atoms with Gasteiger partial charge in [0.15, 0.2) is 0 Å². The van der Waals surface area contributed by atoms with E-state index < -0.39 is 0 Å². The van der Waals surface area contributed by atoms with Crippen molar-refractivity contribution in [2.45, 2.75) is 31.8 Å². The molecule has 1 N–H and O–H groups in total. The summed E-state index contributed by atoms with van der Waals surface area (Å²) in [4.78, 5) is 10.5. The van der Waals surface area contributed by atoms with E-state index in [9.17, 15) is 4.79 Å². The fourth-order valence-corrected chi connectivity index (χ4v) is 2.58. The first-order chi connectivity index (χ1) is 8.90.